The van der Waals surface area contributed by atoms with E-state index in [1.807, 2.05) is 0 Å². The summed E-state index contributed by atoms with van der Waals surface area (Å²) in [6, 6.07) is 2.37. The molecule has 0 aromatic heterocycles. The van der Waals surface area contributed by atoms with Crippen LogP contribution in [0.4, 0.5) is 22.4 Å². The van der Waals surface area contributed by atoms with Crippen LogP contribution in [0.15, 0.2) is 18.2 Å². The molecule has 2 rings (SSSR count). The molecule has 0 aliphatic carbocycles. The Morgan fingerprint density at radius 2 is 1.93 bits per heavy atom. The van der Waals surface area contributed by atoms with Gasteiger partial charge in [-0.3, -0.25) is 4.90 Å². The van der Waals surface area contributed by atoms with Gasteiger partial charge in [0.1, 0.15) is 11.9 Å². The van der Waals surface area contributed by atoms with Crippen LogP contribution >= 0.6 is 0 Å². The quantitative estimate of drug-likeness (QED) is 0.739. The first-order chi connectivity index (χ1) is 12.9. The Morgan fingerprint density at radius 1 is 1.32 bits per heavy atom. The van der Waals surface area contributed by atoms with E-state index in [4.69, 9.17) is 0 Å². The van der Waals surface area contributed by atoms with Crippen LogP contribution in [0.2, 0.25) is 0 Å². The predicted octanol–water partition coefficient (Wildman–Crippen LogP) is 2.62. The van der Waals surface area contributed by atoms with Gasteiger partial charge in [0, 0.05) is 32.2 Å². The third kappa shape index (κ3) is 5.81. The number of aliphatic hydroxyl groups is 1. The summed E-state index contributed by atoms with van der Waals surface area (Å²) in [5.41, 5.74) is -2.24. The maximum absolute atomic E-state index is 13.4. The summed E-state index contributed by atoms with van der Waals surface area (Å²) in [7, 11) is 0. The minimum atomic E-state index is -4.70. The molecule has 0 spiro atoms. The van der Waals surface area contributed by atoms with Gasteiger partial charge in [0.05, 0.1) is 11.2 Å². The molecule has 0 saturated carbocycles. The molecule has 1 aromatic rings. The van der Waals surface area contributed by atoms with Gasteiger partial charge in [0.15, 0.2) is 0 Å². The monoisotopic (exact) mass is 405 g/mol. The third-order valence-electron chi connectivity index (χ3n) is 5.30. The number of benzene rings is 1. The highest BCUT2D eigenvalue weighted by Gasteiger charge is 2.36. The number of carbonyl (C=O) groups excluding carboxylic acids is 1. The fourth-order valence-corrected chi connectivity index (χ4v) is 3.45. The summed E-state index contributed by atoms with van der Waals surface area (Å²) in [6.45, 7) is 3.80. The van der Waals surface area contributed by atoms with Gasteiger partial charge in [-0.2, -0.15) is 13.2 Å². The Labute approximate surface area is 161 Å². The zero-order valence-electron chi connectivity index (χ0n) is 15.9. The lowest BCUT2D eigenvalue weighted by Crippen LogP contribution is -2.52. The summed E-state index contributed by atoms with van der Waals surface area (Å²) in [4.78, 5) is 13.9. The van der Waals surface area contributed by atoms with E-state index < -0.39 is 29.3 Å². The van der Waals surface area contributed by atoms with Gasteiger partial charge in [-0.1, -0.05) is 13.0 Å². The second-order valence-corrected chi connectivity index (χ2v) is 7.54. The molecule has 1 unspecified atom stereocenters. The molecule has 1 saturated heterocycles. The molecule has 9 heteroatoms. The molecule has 28 heavy (non-hydrogen) atoms. The average Bonchev–Trinajstić information content (AvgIpc) is 2.61. The van der Waals surface area contributed by atoms with Crippen LogP contribution in [0.5, 0.6) is 0 Å². The topological polar surface area (TPSA) is 66.8 Å². The standard InChI is InChI=1S/C19H26F4N2O3/c1-3-18(2,28)12-25(15-6-8-24(9-7-15)17(26)27)11-13-4-5-14(20)10-16(13)19(21,22)23/h4-5,10,15,28H,3,6-9,11-12H2,1-2H3,(H,26,27)/p-1. The molecule has 1 amide bonds. The summed E-state index contributed by atoms with van der Waals surface area (Å²) in [5, 5.41) is 21.5. The van der Waals surface area contributed by atoms with E-state index in [0.29, 0.717) is 25.3 Å². The lowest BCUT2D eigenvalue weighted by Gasteiger charge is -2.42. The molecular weight excluding hydrogens is 380 g/mol. The lowest BCUT2D eigenvalue weighted by molar-refractivity contribution is -0.266. The van der Waals surface area contributed by atoms with Gasteiger partial charge in [-0.05, 0) is 43.9 Å². The Kier molecular flexibility index (Phi) is 6.93. The van der Waals surface area contributed by atoms with Crippen molar-refractivity contribution in [2.24, 2.45) is 0 Å². The fraction of sp³-hybridized carbons (Fsp3) is 0.632. The fourth-order valence-electron chi connectivity index (χ4n) is 3.45. The molecule has 158 valence electrons. The van der Waals surface area contributed by atoms with Crippen molar-refractivity contribution in [3.8, 4) is 0 Å². The maximum Gasteiger partial charge on any atom is 0.416 e. The van der Waals surface area contributed by atoms with Crippen LogP contribution in [0, 0.1) is 5.82 Å². The lowest BCUT2D eigenvalue weighted by atomic mass is 9.96. The number of rotatable bonds is 6. The number of hydrogen-bond donors (Lipinski definition) is 1. The van der Waals surface area contributed by atoms with Crippen LogP contribution in [-0.4, -0.2) is 52.3 Å². The van der Waals surface area contributed by atoms with Crippen molar-refractivity contribution < 1.29 is 32.6 Å². The number of carbonyl (C=O) groups is 1. The van der Waals surface area contributed by atoms with Crippen molar-refractivity contribution in [3.63, 3.8) is 0 Å². The number of halogens is 4. The predicted molar refractivity (Wildman–Crippen MR) is 92.7 cm³/mol. The molecule has 0 radical (unpaired) electrons. The van der Waals surface area contributed by atoms with Crippen molar-refractivity contribution in [3.05, 3.63) is 35.1 Å². The minimum Gasteiger partial charge on any atom is -0.530 e. The third-order valence-corrected chi connectivity index (χ3v) is 5.30. The smallest absolute Gasteiger partial charge is 0.416 e. The summed E-state index contributed by atoms with van der Waals surface area (Å²) in [5.74, 6) is -0.967. The van der Waals surface area contributed by atoms with Gasteiger partial charge in [0.2, 0.25) is 0 Å². The van der Waals surface area contributed by atoms with Gasteiger partial charge in [-0.15, -0.1) is 0 Å². The second kappa shape index (κ2) is 8.65. The number of piperidine rings is 1. The molecule has 1 heterocycles. The first-order valence-corrected chi connectivity index (χ1v) is 9.21. The Balaban J connectivity index is 2.27. The highest BCUT2D eigenvalue weighted by Crippen LogP contribution is 2.34. The van der Waals surface area contributed by atoms with Gasteiger partial charge < -0.3 is 19.9 Å². The van der Waals surface area contributed by atoms with E-state index in [2.05, 4.69) is 0 Å². The molecule has 5 nitrogen and oxygen atoms in total. The largest absolute Gasteiger partial charge is 0.530 e. The molecular formula is C19H25F4N2O3-. The number of likely N-dealkylation sites (tertiary alicyclic amines) is 1. The van der Waals surface area contributed by atoms with E-state index in [0.717, 1.165) is 17.0 Å². The first-order valence-electron chi connectivity index (χ1n) is 9.21. The van der Waals surface area contributed by atoms with Gasteiger partial charge in [0.25, 0.3) is 0 Å². The van der Waals surface area contributed by atoms with Crippen LogP contribution in [-0.2, 0) is 12.7 Å². The highest BCUT2D eigenvalue weighted by molar-refractivity contribution is 5.62. The SMILES string of the molecule is CCC(C)(O)CN(Cc1ccc(F)cc1C(F)(F)F)C1CCN(C(=O)[O-])CC1. The molecule has 1 aromatic carbocycles. The van der Waals surface area contributed by atoms with Crippen molar-refractivity contribution in [2.45, 2.75) is 57.5 Å². The van der Waals surface area contributed by atoms with Crippen molar-refractivity contribution >= 4 is 6.09 Å². The molecule has 1 atom stereocenters. The summed E-state index contributed by atoms with van der Waals surface area (Å²) >= 11 is 0. The van der Waals surface area contributed by atoms with E-state index in [9.17, 15) is 32.6 Å². The average molecular weight is 405 g/mol. The van der Waals surface area contributed by atoms with Crippen LogP contribution in [0.1, 0.15) is 44.2 Å². The highest BCUT2D eigenvalue weighted by atomic mass is 19.4. The molecule has 1 fully saturated rings. The van der Waals surface area contributed by atoms with E-state index in [1.54, 1.807) is 18.7 Å². The normalized spacial score (nSPS) is 18.4. The van der Waals surface area contributed by atoms with E-state index in [-0.39, 0.29) is 37.8 Å². The number of amides is 1. The number of hydrogen-bond acceptors (Lipinski definition) is 4. The minimum absolute atomic E-state index is 0.0804. The zero-order valence-corrected chi connectivity index (χ0v) is 15.9. The molecule has 1 aliphatic heterocycles. The van der Waals surface area contributed by atoms with Crippen molar-refractivity contribution in [1.29, 1.82) is 0 Å². The van der Waals surface area contributed by atoms with Crippen molar-refractivity contribution in [1.82, 2.24) is 9.80 Å². The van der Waals surface area contributed by atoms with Crippen molar-refractivity contribution in [2.75, 3.05) is 19.6 Å². The second-order valence-electron chi connectivity index (χ2n) is 7.54. The van der Waals surface area contributed by atoms with Crippen LogP contribution < -0.4 is 5.11 Å². The molecule has 0 bridgehead atoms. The Bertz CT molecular complexity index is 686. The number of nitrogens with zero attached hydrogens (tertiary/aromatic N) is 2. The van der Waals surface area contributed by atoms with Gasteiger partial charge >= 0.3 is 6.18 Å². The number of carboxylic acid groups (broad SMARTS) is 1. The van der Waals surface area contributed by atoms with Crippen LogP contribution in [0.25, 0.3) is 0 Å². The Hall–Kier alpha value is -1.87. The Morgan fingerprint density at radius 3 is 2.43 bits per heavy atom. The summed E-state index contributed by atoms with van der Waals surface area (Å²) in [6.07, 6.45) is -4.75. The van der Waals surface area contributed by atoms with Gasteiger partial charge in [-0.25, -0.2) is 4.39 Å². The van der Waals surface area contributed by atoms with E-state index in [1.165, 1.54) is 0 Å². The number of alkyl halides is 3. The maximum atomic E-state index is 13.4. The summed E-state index contributed by atoms with van der Waals surface area (Å²) < 4.78 is 53.4. The van der Waals surface area contributed by atoms with E-state index >= 15 is 0 Å². The zero-order chi connectivity index (χ0) is 21.1. The van der Waals surface area contributed by atoms with Crippen LogP contribution in [0.3, 0.4) is 0 Å². The first kappa shape index (κ1) is 22.4. The molecule has 1 N–H and O–H groups in total. The molecule has 1 aliphatic rings.